The molecule has 0 saturated carbocycles. The average Bonchev–Trinajstić information content (AvgIpc) is 2.66. The molecule has 1 aromatic heterocycles. The largest absolute Gasteiger partial charge is 0.493 e. The molecule has 28 heavy (non-hydrogen) atoms. The summed E-state index contributed by atoms with van der Waals surface area (Å²) in [6.07, 6.45) is 2.00. The molecule has 3 aromatic rings. The highest BCUT2D eigenvalue weighted by molar-refractivity contribution is 6.05. The second-order valence-electron chi connectivity index (χ2n) is 6.67. The van der Waals surface area contributed by atoms with Crippen LogP contribution in [0.15, 0.2) is 42.6 Å². The van der Waals surface area contributed by atoms with Crippen molar-refractivity contribution in [1.29, 1.82) is 0 Å². The molecule has 0 aliphatic carbocycles. The van der Waals surface area contributed by atoms with Gasteiger partial charge in [0.25, 0.3) is 0 Å². The van der Waals surface area contributed by atoms with E-state index < -0.39 is 5.97 Å². The van der Waals surface area contributed by atoms with Crippen LogP contribution in [0.1, 0.15) is 35.5 Å². The maximum Gasteiger partial charge on any atom is 0.337 e. The number of carbonyl (C=O) groups is 1. The van der Waals surface area contributed by atoms with Gasteiger partial charge in [0.1, 0.15) is 5.75 Å². The van der Waals surface area contributed by atoms with Crippen molar-refractivity contribution in [1.82, 2.24) is 4.98 Å². The van der Waals surface area contributed by atoms with Gasteiger partial charge >= 0.3 is 5.97 Å². The van der Waals surface area contributed by atoms with Crippen molar-refractivity contribution < 1.29 is 24.1 Å². The summed E-state index contributed by atoms with van der Waals surface area (Å²) in [5.74, 6) is 0.751. The van der Waals surface area contributed by atoms with Crippen LogP contribution in [0.3, 0.4) is 0 Å². The summed E-state index contributed by atoms with van der Waals surface area (Å²) in [6.45, 7) is 3.96. The lowest BCUT2D eigenvalue weighted by molar-refractivity contribution is 0.0698. The number of carboxylic acids is 1. The number of pyridine rings is 1. The number of rotatable bonds is 7. The van der Waals surface area contributed by atoms with Crippen LogP contribution < -0.4 is 14.2 Å². The Hall–Kier alpha value is -3.28. The van der Waals surface area contributed by atoms with Gasteiger partial charge in [0.05, 0.1) is 31.6 Å². The molecule has 3 rings (SSSR count). The first-order valence-corrected chi connectivity index (χ1v) is 8.95. The molecule has 0 amide bonds. The molecule has 0 atom stereocenters. The molecule has 1 heterocycles. The fraction of sp³-hybridized carbons (Fsp3) is 0.273. The Morgan fingerprint density at radius 3 is 2.36 bits per heavy atom. The predicted octanol–water partition coefficient (Wildman–Crippen LogP) is 4.33. The number of hydrogen-bond acceptors (Lipinski definition) is 5. The third kappa shape index (κ3) is 4.01. The van der Waals surface area contributed by atoms with E-state index in [9.17, 15) is 9.90 Å². The summed E-state index contributed by atoms with van der Waals surface area (Å²) in [5.41, 5.74) is 1.89. The second kappa shape index (κ2) is 8.17. The molecule has 0 aliphatic heterocycles. The van der Waals surface area contributed by atoms with Gasteiger partial charge in [0, 0.05) is 23.4 Å². The minimum Gasteiger partial charge on any atom is -0.493 e. The fourth-order valence-electron chi connectivity index (χ4n) is 3.13. The van der Waals surface area contributed by atoms with Crippen LogP contribution in [0.5, 0.6) is 17.2 Å². The van der Waals surface area contributed by atoms with E-state index in [0.29, 0.717) is 28.7 Å². The zero-order valence-corrected chi connectivity index (χ0v) is 16.4. The molecule has 0 spiro atoms. The first-order valence-electron chi connectivity index (χ1n) is 8.95. The van der Waals surface area contributed by atoms with Crippen LogP contribution in [-0.4, -0.2) is 36.4 Å². The minimum absolute atomic E-state index is 0.0841. The van der Waals surface area contributed by atoms with Gasteiger partial charge in [-0.2, -0.15) is 0 Å². The van der Waals surface area contributed by atoms with E-state index in [4.69, 9.17) is 14.2 Å². The summed E-state index contributed by atoms with van der Waals surface area (Å²) in [4.78, 5) is 16.1. The Morgan fingerprint density at radius 1 is 1.07 bits per heavy atom. The number of aromatic nitrogens is 1. The summed E-state index contributed by atoms with van der Waals surface area (Å²) < 4.78 is 16.5. The number of ether oxygens (including phenoxy) is 3. The van der Waals surface area contributed by atoms with E-state index in [1.54, 1.807) is 19.2 Å². The minimum atomic E-state index is -1.04. The average molecular weight is 381 g/mol. The number of aromatic carboxylic acids is 1. The lowest BCUT2D eigenvalue weighted by Gasteiger charge is -2.14. The van der Waals surface area contributed by atoms with Crippen LogP contribution in [0.4, 0.5) is 0 Å². The molecule has 146 valence electrons. The van der Waals surface area contributed by atoms with Crippen molar-refractivity contribution in [3.8, 4) is 17.2 Å². The Kier molecular flexibility index (Phi) is 5.68. The number of fused-ring (bicyclic) bond motifs is 1. The smallest absolute Gasteiger partial charge is 0.337 e. The van der Waals surface area contributed by atoms with E-state index in [0.717, 1.165) is 17.0 Å². The zero-order chi connectivity index (χ0) is 20.3. The lowest BCUT2D eigenvalue weighted by atomic mass is 10.00. The van der Waals surface area contributed by atoms with Crippen molar-refractivity contribution in [2.24, 2.45) is 0 Å². The summed E-state index contributed by atoms with van der Waals surface area (Å²) in [5, 5.41) is 10.8. The van der Waals surface area contributed by atoms with E-state index in [1.165, 1.54) is 13.3 Å². The van der Waals surface area contributed by atoms with Crippen LogP contribution in [0.25, 0.3) is 10.8 Å². The fourth-order valence-corrected chi connectivity index (χ4v) is 3.13. The molecular formula is C22H23NO5. The van der Waals surface area contributed by atoms with E-state index in [1.807, 2.05) is 38.1 Å². The van der Waals surface area contributed by atoms with Crippen molar-refractivity contribution in [3.05, 3.63) is 59.4 Å². The topological polar surface area (TPSA) is 77.9 Å². The molecule has 0 unspecified atom stereocenters. The zero-order valence-electron chi connectivity index (χ0n) is 16.4. The molecule has 0 fully saturated rings. The molecule has 6 heteroatoms. The Balaban J connectivity index is 2.11. The standard InChI is InChI=1S/C22H23NO5/c1-13(2)28-15-7-5-6-14(8-15)9-19-17-11-21(27-4)20(26-3)10-16(17)18(12-23-19)22(24)25/h5-8,10-13H,9H2,1-4H3,(H,24,25). The Morgan fingerprint density at radius 2 is 1.75 bits per heavy atom. The Bertz CT molecular complexity index is 1010. The van der Waals surface area contributed by atoms with Crippen molar-refractivity contribution in [2.75, 3.05) is 14.2 Å². The summed E-state index contributed by atoms with van der Waals surface area (Å²) in [7, 11) is 3.07. The highest BCUT2D eigenvalue weighted by Crippen LogP contribution is 2.35. The molecule has 2 aromatic carbocycles. The first-order chi connectivity index (χ1) is 13.4. The molecule has 1 N–H and O–H groups in total. The van der Waals surface area contributed by atoms with Crippen LogP contribution >= 0.6 is 0 Å². The number of nitrogens with zero attached hydrogens (tertiary/aromatic N) is 1. The maximum absolute atomic E-state index is 11.7. The molecule has 0 radical (unpaired) electrons. The highest BCUT2D eigenvalue weighted by Gasteiger charge is 2.17. The quantitative estimate of drug-likeness (QED) is 0.656. The molecule has 6 nitrogen and oxygen atoms in total. The highest BCUT2D eigenvalue weighted by atomic mass is 16.5. The van der Waals surface area contributed by atoms with E-state index in [-0.39, 0.29) is 11.7 Å². The van der Waals surface area contributed by atoms with Crippen LogP contribution in [0.2, 0.25) is 0 Å². The Labute approximate surface area is 163 Å². The summed E-state index contributed by atoms with van der Waals surface area (Å²) in [6, 6.07) is 11.3. The normalized spacial score (nSPS) is 10.9. The monoisotopic (exact) mass is 381 g/mol. The lowest BCUT2D eigenvalue weighted by Crippen LogP contribution is -2.06. The van der Waals surface area contributed by atoms with Crippen molar-refractivity contribution in [2.45, 2.75) is 26.4 Å². The number of hydrogen-bond donors (Lipinski definition) is 1. The third-order valence-electron chi connectivity index (χ3n) is 4.35. The van der Waals surface area contributed by atoms with E-state index in [2.05, 4.69) is 4.98 Å². The van der Waals surface area contributed by atoms with Gasteiger partial charge in [-0.05, 0) is 43.7 Å². The van der Waals surface area contributed by atoms with Gasteiger partial charge in [-0.25, -0.2) is 4.79 Å². The first kappa shape index (κ1) is 19.5. The number of benzene rings is 2. The van der Waals surface area contributed by atoms with Gasteiger partial charge in [0.2, 0.25) is 0 Å². The third-order valence-corrected chi connectivity index (χ3v) is 4.35. The molecular weight excluding hydrogens is 358 g/mol. The van der Waals surface area contributed by atoms with Gasteiger partial charge in [-0.15, -0.1) is 0 Å². The SMILES string of the molecule is COc1cc2c(C(=O)O)cnc(Cc3cccc(OC(C)C)c3)c2cc1OC. The van der Waals surface area contributed by atoms with Crippen LogP contribution in [0, 0.1) is 0 Å². The summed E-state index contributed by atoms with van der Waals surface area (Å²) >= 11 is 0. The van der Waals surface area contributed by atoms with Gasteiger partial charge in [-0.1, -0.05) is 12.1 Å². The molecule has 0 aliphatic rings. The van der Waals surface area contributed by atoms with Crippen LogP contribution in [-0.2, 0) is 6.42 Å². The van der Waals surface area contributed by atoms with Gasteiger partial charge < -0.3 is 19.3 Å². The van der Waals surface area contributed by atoms with Gasteiger partial charge in [0.15, 0.2) is 11.5 Å². The number of carboxylic acid groups (broad SMARTS) is 1. The van der Waals surface area contributed by atoms with Gasteiger partial charge in [-0.3, -0.25) is 4.98 Å². The number of methoxy groups -OCH3 is 2. The molecule has 0 saturated heterocycles. The van der Waals surface area contributed by atoms with E-state index >= 15 is 0 Å². The molecule has 0 bridgehead atoms. The van der Waals surface area contributed by atoms with Crippen molar-refractivity contribution >= 4 is 16.7 Å². The predicted molar refractivity (Wildman–Crippen MR) is 107 cm³/mol. The van der Waals surface area contributed by atoms with Crippen molar-refractivity contribution in [3.63, 3.8) is 0 Å². The second-order valence-corrected chi connectivity index (χ2v) is 6.67. The maximum atomic E-state index is 11.7.